The van der Waals surface area contributed by atoms with Crippen LogP contribution >= 0.6 is 15.9 Å². The van der Waals surface area contributed by atoms with E-state index in [-0.39, 0.29) is 10.2 Å². The van der Waals surface area contributed by atoms with E-state index in [2.05, 4.69) is 26.0 Å². The van der Waals surface area contributed by atoms with Gasteiger partial charge in [-0.1, -0.05) is 6.07 Å². The molecule has 0 atom stereocenters. The van der Waals surface area contributed by atoms with Gasteiger partial charge in [-0.05, 0) is 33.6 Å². The fourth-order valence-corrected chi connectivity index (χ4v) is 1.70. The van der Waals surface area contributed by atoms with Crippen molar-refractivity contribution in [2.24, 2.45) is 5.73 Å². The molecular weight excluding hydrogens is 301 g/mol. The molecule has 0 aromatic heterocycles. The Morgan fingerprint density at radius 3 is 2.59 bits per heavy atom. The van der Waals surface area contributed by atoms with Crippen molar-refractivity contribution in [3.63, 3.8) is 0 Å². The normalized spacial score (nSPS) is 11.6. The second-order valence-electron chi connectivity index (χ2n) is 3.28. The van der Waals surface area contributed by atoms with Crippen LogP contribution in [-0.4, -0.2) is 19.5 Å². The zero-order valence-electron chi connectivity index (χ0n) is 8.85. The summed E-state index contributed by atoms with van der Waals surface area (Å²) in [5.74, 6) is -0.250. The summed E-state index contributed by atoms with van der Waals surface area (Å²) in [4.78, 5) is 0. The highest BCUT2D eigenvalue weighted by molar-refractivity contribution is 9.10. The standard InChI is InChI=1S/C10H12BrF3N2O/c11-8-5-7(6-16-4-3-15)1-2-9(8)17-10(12,13)14/h1-2,5,16H,3-4,6,15H2. The van der Waals surface area contributed by atoms with Crippen LogP contribution in [-0.2, 0) is 6.54 Å². The monoisotopic (exact) mass is 312 g/mol. The predicted molar refractivity (Wildman–Crippen MR) is 61.6 cm³/mol. The van der Waals surface area contributed by atoms with Gasteiger partial charge in [0.2, 0.25) is 0 Å². The Labute approximate surface area is 105 Å². The number of nitrogens with two attached hydrogens (primary N) is 1. The lowest BCUT2D eigenvalue weighted by Crippen LogP contribution is -2.22. The number of benzene rings is 1. The van der Waals surface area contributed by atoms with E-state index < -0.39 is 6.36 Å². The highest BCUT2D eigenvalue weighted by Crippen LogP contribution is 2.30. The average Bonchev–Trinajstić information content (AvgIpc) is 2.21. The van der Waals surface area contributed by atoms with Crippen molar-refractivity contribution >= 4 is 15.9 Å². The third-order valence-corrected chi connectivity index (χ3v) is 2.49. The molecule has 0 radical (unpaired) electrons. The molecule has 7 heteroatoms. The topological polar surface area (TPSA) is 47.3 Å². The van der Waals surface area contributed by atoms with Crippen LogP contribution in [0.1, 0.15) is 5.56 Å². The van der Waals surface area contributed by atoms with Gasteiger partial charge in [0.25, 0.3) is 0 Å². The molecule has 96 valence electrons. The molecule has 0 aliphatic rings. The number of alkyl halides is 3. The third kappa shape index (κ3) is 5.38. The summed E-state index contributed by atoms with van der Waals surface area (Å²) in [7, 11) is 0. The van der Waals surface area contributed by atoms with E-state index in [0.717, 1.165) is 5.56 Å². The molecule has 3 N–H and O–H groups in total. The van der Waals surface area contributed by atoms with Crippen LogP contribution in [0.25, 0.3) is 0 Å². The van der Waals surface area contributed by atoms with Crippen LogP contribution in [0.5, 0.6) is 5.75 Å². The second-order valence-corrected chi connectivity index (χ2v) is 4.13. The van der Waals surface area contributed by atoms with E-state index in [1.54, 1.807) is 12.1 Å². The van der Waals surface area contributed by atoms with Crippen molar-refractivity contribution in [3.8, 4) is 5.75 Å². The number of nitrogens with one attached hydrogen (secondary N) is 1. The number of ether oxygens (including phenoxy) is 1. The molecule has 0 saturated heterocycles. The minimum atomic E-state index is -4.68. The van der Waals surface area contributed by atoms with E-state index in [0.29, 0.717) is 19.6 Å². The van der Waals surface area contributed by atoms with Gasteiger partial charge in [-0.3, -0.25) is 0 Å². The van der Waals surface area contributed by atoms with Crippen molar-refractivity contribution in [3.05, 3.63) is 28.2 Å². The fourth-order valence-electron chi connectivity index (χ4n) is 1.20. The molecule has 3 nitrogen and oxygen atoms in total. The quantitative estimate of drug-likeness (QED) is 0.821. The summed E-state index contributed by atoms with van der Waals surface area (Å²) in [6, 6.07) is 4.41. The molecule has 0 unspecified atom stereocenters. The molecule has 17 heavy (non-hydrogen) atoms. The van der Waals surface area contributed by atoms with E-state index in [4.69, 9.17) is 5.73 Å². The van der Waals surface area contributed by atoms with Crippen LogP contribution in [0.2, 0.25) is 0 Å². The molecule has 0 heterocycles. The van der Waals surface area contributed by atoms with Crippen molar-refractivity contribution in [2.75, 3.05) is 13.1 Å². The summed E-state index contributed by atoms with van der Waals surface area (Å²) in [5, 5.41) is 3.04. The van der Waals surface area contributed by atoms with Gasteiger partial charge in [-0.25, -0.2) is 0 Å². The molecule has 1 aromatic carbocycles. The molecule has 0 amide bonds. The molecule has 0 spiro atoms. The lowest BCUT2D eigenvalue weighted by Gasteiger charge is -2.11. The summed E-state index contributed by atoms with van der Waals surface area (Å²) >= 11 is 3.03. The van der Waals surface area contributed by atoms with Gasteiger partial charge in [0, 0.05) is 19.6 Å². The first-order chi connectivity index (χ1) is 7.92. The third-order valence-electron chi connectivity index (χ3n) is 1.87. The van der Waals surface area contributed by atoms with Crippen molar-refractivity contribution in [2.45, 2.75) is 12.9 Å². The molecular formula is C10H12BrF3N2O. The maximum Gasteiger partial charge on any atom is 0.573 e. The summed E-state index contributed by atoms with van der Waals surface area (Å²) in [6.45, 7) is 1.71. The Hall–Kier alpha value is -0.790. The number of hydrogen-bond donors (Lipinski definition) is 2. The van der Waals surface area contributed by atoms with Crippen molar-refractivity contribution < 1.29 is 17.9 Å². The number of halogens is 4. The predicted octanol–water partition coefficient (Wildman–Crippen LogP) is 2.40. The van der Waals surface area contributed by atoms with Crippen LogP contribution in [0.15, 0.2) is 22.7 Å². The van der Waals surface area contributed by atoms with Gasteiger partial charge < -0.3 is 15.8 Å². The van der Waals surface area contributed by atoms with E-state index in [9.17, 15) is 13.2 Å². The fraction of sp³-hybridized carbons (Fsp3) is 0.400. The van der Waals surface area contributed by atoms with Gasteiger partial charge >= 0.3 is 6.36 Å². The molecule has 0 fully saturated rings. The van der Waals surface area contributed by atoms with Crippen LogP contribution in [0.4, 0.5) is 13.2 Å². The summed E-state index contributed by atoms with van der Waals surface area (Å²) < 4.78 is 40.1. The van der Waals surface area contributed by atoms with E-state index in [1.807, 2.05) is 0 Å². The smallest absolute Gasteiger partial charge is 0.405 e. The molecule has 0 aliphatic carbocycles. The SMILES string of the molecule is NCCNCc1ccc(OC(F)(F)F)c(Br)c1. The molecule has 1 aromatic rings. The molecule has 0 aliphatic heterocycles. The Balaban J connectivity index is 2.66. The first-order valence-corrected chi connectivity index (χ1v) is 5.66. The maximum atomic E-state index is 12.0. The zero-order chi connectivity index (χ0) is 12.9. The lowest BCUT2D eigenvalue weighted by molar-refractivity contribution is -0.274. The highest BCUT2D eigenvalue weighted by atomic mass is 79.9. The Morgan fingerprint density at radius 2 is 2.06 bits per heavy atom. The van der Waals surface area contributed by atoms with Crippen LogP contribution in [0.3, 0.4) is 0 Å². The van der Waals surface area contributed by atoms with Crippen molar-refractivity contribution in [1.82, 2.24) is 5.32 Å². The lowest BCUT2D eigenvalue weighted by atomic mass is 10.2. The number of rotatable bonds is 5. The maximum absolute atomic E-state index is 12.0. The van der Waals surface area contributed by atoms with Gasteiger partial charge in [0.1, 0.15) is 5.75 Å². The molecule has 0 bridgehead atoms. The first-order valence-electron chi connectivity index (χ1n) is 4.87. The van der Waals surface area contributed by atoms with E-state index >= 15 is 0 Å². The Kier molecular flexibility index (Phi) is 5.23. The van der Waals surface area contributed by atoms with Crippen molar-refractivity contribution in [1.29, 1.82) is 0 Å². The van der Waals surface area contributed by atoms with Gasteiger partial charge in [0.15, 0.2) is 0 Å². The van der Waals surface area contributed by atoms with Gasteiger partial charge in [0.05, 0.1) is 4.47 Å². The average molecular weight is 313 g/mol. The molecule has 1 rings (SSSR count). The summed E-state index contributed by atoms with van der Waals surface area (Å²) in [6.07, 6.45) is -4.68. The molecule has 0 saturated carbocycles. The largest absolute Gasteiger partial charge is 0.573 e. The van der Waals surface area contributed by atoms with E-state index in [1.165, 1.54) is 6.07 Å². The second kappa shape index (κ2) is 6.23. The van der Waals surface area contributed by atoms with Gasteiger partial charge in [-0.15, -0.1) is 13.2 Å². The van der Waals surface area contributed by atoms with Crippen LogP contribution in [0, 0.1) is 0 Å². The first kappa shape index (κ1) is 14.3. The summed E-state index contributed by atoms with van der Waals surface area (Å²) in [5.41, 5.74) is 6.15. The Morgan fingerprint density at radius 1 is 1.35 bits per heavy atom. The zero-order valence-corrected chi connectivity index (χ0v) is 10.4. The van der Waals surface area contributed by atoms with Crippen LogP contribution < -0.4 is 15.8 Å². The van der Waals surface area contributed by atoms with Gasteiger partial charge in [-0.2, -0.15) is 0 Å². The minimum Gasteiger partial charge on any atom is -0.405 e. The Bertz CT molecular complexity index is 371. The number of hydrogen-bond acceptors (Lipinski definition) is 3. The highest BCUT2D eigenvalue weighted by Gasteiger charge is 2.31. The minimum absolute atomic E-state index is 0.250.